The third kappa shape index (κ3) is 4.04. The van der Waals surface area contributed by atoms with Crippen molar-refractivity contribution in [3.63, 3.8) is 0 Å². The van der Waals surface area contributed by atoms with Gasteiger partial charge >= 0.3 is 0 Å². The third-order valence-electron chi connectivity index (χ3n) is 2.41. The highest BCUT2D eigenvalue weighted by molar-refractivity contribution is 8.00. The summed E-state index contributed by atoms with van der Waals surface area (Å²) in [5.41, 5.74) is 0. The molecule has 0 spiro atoms. The Labute approximate surface area is 115 Å². The first-order valence-electron chi connectivity index (χ1n) is 5.60. The van der Waals surface area contributed by atoms with Crippen LogP contribution in [-0.4, -0.2) is 24.9 Å². The molecule has 0 aliphatic heterocycles. The Morgan fingerprint density at radius 2 is 1.84 bits per heavy atom. The molecule has 0 saturated carbocycles. The molecule has 0 amide bonds. The van der Waals surface area contributed by atoms with Gasteiger partial charge in [-0.2, -0.15) is 0 Å². The standard InChI is InChI=1S/C13H12FNO2S2/c14-11-4-6-12(7-5-11)19(16,17)10-9-18-13-3-1-2-8-15-13/h1-8H,9-10H2. The van der Waals surface area contributed by atoms with E-state index in [1.54, 1.807) is 12.3 Å². The summed E-state index contributed by atoms with van der Waals surface area (Å²) in [6, 6.07) is 10.4. The van der Waals surface area contributed by atoms with Crippen molar-refractivity contribution in [2.45, 2.75) is 9.92 Å². The lowest BCUT2D eigenvalue weighted by atomic mass is 10.4. The first kappa shape index (κ1) is 14.0. The second kappa shape index (κ2) is 6.16. The molecule has 0 bridgehead atoms. The van der Waals surface area contributed by atoms with Crippen molar-refractivity contribution in [3.8, 4) is 0 Å². The average molecular weight is 297 g/mol. The van der Waals surface area contributed by atoms with Crippen molar-refractivity contribution in [3.05, 3.63) is 54.5 Å². The normalized spacial score (nSPS) is 11.4. The van der Waals surface area contributed by atoms with Gasteiger partial charge in [-0.1, -0.05) is 6.07 Å². The fourth-order valence-corrected chi connectivity index (χ4v) is 3.96. The van der Waals surface area contributed by atoms with Gasteiger partial charge in [0.1, 0.15) is 5.82 Å². The van der Waals surface area contributed by atoms with E-state index in [2.05, 4.69) is 4.98 Å². The summed E-state index contributed by atoms with van der Waals surface area (Å²) in [6.07, 6.45) is 1.66. The highest BCUT2D eigenvalue weighted by atomic mass is 32.2. The summed E-state index contributed by atoms with van der Waals surface area (Å²) < 4.78 is 36.7. The molecule has 3 nitrogen and oxygen atoms in total. The summed E-state index contributed by atoms with van der Waals surface area (Å²) in [7, 11) is -3.36. The number of benzene rings is 1. The maximum absolute atomic E-state index is 12.7. The molecule has 0 aliphatic carbocycles. The van der Waals surface area contributed by atoms with Gasteiger partial charge in [0.15, 0.2) is 9.84 Å². The van der Waals surface area contributed by atoms with Crippen LogP contribution in [0.3, 0.4) is 0 Å². The molecule has 0 unspecified atom stereocenters. The first-order chi connectivity index (χ1) is 9.08. The number of halogens is 1. The third-order valence-corrected chi connectivity index (χ3v) is 5.35. The van der Waals surface area contributed by atoms with Crippen LogP contribution in [0.25, 0.3) is 0 Å². The zero-order valence-electron chi connectivity index (χ0n) is 9.99. The molecular weight excluding hydrogens is 285 g/mol. The minimum atomic E-state index is -3.36. The molecule has 0 N–H and O–H groups in total. The minimum absolute atomic E-state index is 0.000126. The largest absolute Gasteiger partial charge is 0.250 e. The number of hydrogen-bond acceptors (Lipinski definition) is 4. The quantitative estimate of drug-likeness (QED) is 0.629. The van der Waals surface area contributed by atoms with Gasteiger partial charge in [-0.25, -0.2) is 17.8 Å². The number of nitrogens with zero attached hydrogens (tertiary/aromatic N) is 1. The van der Waals surface area contributed by atoms with Gasteiger partial charge in [-0.05, 0) is 36.4 Å². The Bertz CT molecular complexity index is 627. The monoisotopic (exact) mass is 297 g/mol. The van der Waals surface area contributed by atoms with Crippen molar-refractivity contribution in [2.24, 2.45) is 0 Å². The van der Waals surface area contributed by atoms with Crippen molar-refractivity contribution < 1.29 is 12.8 Å². The summed E-state index contributed by atoms with van der Waals surface area (Å²) >= 11 is 1.38. The van der Waals surface area contributed by atoms with Gasteiger partial charge in [-0.3, -0.25) is 0 Å². The molecular formula is C13H12FNO2S2. The highest BCUT2D eigenvalue weighted by Crippen LogP contribution is 2.17. The lowest BCUT2D eigenvalue weighted by Gasteiger charge is -2.04. The summed E-state index contributed by atoms with van der Waals surface area (Å²) in [5, 5.41) is 0.789. The molecule has 0 saturated heterocycles. The number of rotatable bonds is 5. The second-order valence-corrected chi connectivity index (χ2v) is 7.01. The van der Waals surface area contributed by atoms with Crippen LogP contribution in [0.4, 0.5) is 4.39 Å². The fourth-order valence-electron chi connectivity index (χ4n) is 1.45. The van der Waals surface area contributed by atoms with Gasteiger partial charge in [0.05, 0.1) is 15.7 Å². The molecule has 6 heteroatoms. The lowest BCUT2D eigenvalue weighted by molar-refractivity contribution is 0.596. The van der Waals surface area contributed by atoms with Crippen molar-refractivity contribution in [2.75, 3.05) is 11.5 Å². The zero-order valence-corrected chi connectivity index (χ0v) is 11.6. The van der Waals surface area contributed by atoms with Gasteiger partial charge in [0.25, 0.3) is 0 Å². The number of thioether (sulfide) groups is 1. The molecule has 0 fully saturated rings. The smallest absolute Gasteiger partial charge is 0.179 e. The Morgan fingerprint density at radius 1 is 1.11 bits per heavy atom. The van der Waals surface area contributed by atoms with E-state index >= 15 is 0 Å². The van der Waals surface area contributed by atoms with Gasteiger partial charge < -0.3 is 0 Å². The summed E-state index contributed by atoms with van der Waals surface area (Å²) in [5.74, 6) is -0.0295. The Balaban J connectivity index is 1.97. The molecule has 0 atom stereocenters. The van der Waals surface area contributed by atoms with E-state index in [1.165, 1.54) is 23.9 Å². The Kier molecular flexibility index (Phi) is 4.55. The van der Waals surface area contributed by atoms with Crippen LogP contribution in [0.1, 0.15) is 0 Å². The fraction of sp³-hybridized carbons (Fsp3) is 0.154. The number of sulfone groups is 1. The molecule has 0 radical (unpaired) electrons. The summed E-state index contributed by atoms with van der Waals surface area (Å²) in [4.78, 5) is 4.25. The molecule has 2 aromatic rings. The van der Waals surface area contributed by atoms with E-state index < -0.39 is 15.7 Å². The van der Waals surface area contributed by atoms with Crippen LogP contribution in [0.2, 0.25) is 0 Å². The predicted molar refractivity (Wildman–Crippen MR) is 73.4 cm³/mol. The lowest BCUT2D eigenvalue weighted by Crippen LogP contribution is -2.08. The van der Waals surface area contributed by atoms with E-state index in [0.717, 1.165) is 17.2 Å². The maximum Gasteiger partial charge on any atom is 0.179 e. The van der Waals surface area contributed by atoms with Crippen LogP contribution in [0, 0.1) is 5.82 Å². The number of aromatic nitrogens is 1. The van der Waals surface area contributed by atoms with E-state index in [4.69, 9.17) is 0 Å². The van der Waals surface area contributed by atoms with Crippen LogP contribution in [0.15, 0.2) is 58.6 Å². The second-order valence-electron chi connectivity index (χ2n) is 3.79. The van der Waals surface area contributed by atoms with Gasteiger partial charge in [-0.15, -0.1) is 11.8 Å². The SMILES string of the molecule is O=S(=O)(CCSc1ccccn1)c1ccc(F)cc1. The van der Waals surface area contributed by atoms with Crippen LogP contribution >= 0.6 is 11.8 Å². The first-order valence-corrected chi connectivity index (χ1v) is 8.24. The number of pyridine rings is 1. The molecule has 1 heterocycles. The van der Waals surface area contributed by atoms with E-state index in [9.17, 15) is 12.8 Å². The van der Waals surface area contributed by atoms with Crippen molar-refractivity contribution in [1.29, 1.82) is 0 Å². The maximum atomic E-state index is 12.7. The number of hydrogen-bond donors (Lipinski definition) is 0. The van der Waals surface area contributed by atoms with Gasteiger partial charge in [0.2, 0.25) is 0 Å². The topological polar surface area (TPSA) is 47.0 Å². The zero-order chi connectivity index (χ0) is 13.7. The van der Waals surface area contributed by atoms with Crippen LogP contribution in [-0.2, 0) is 9.84 Å². The van der Waals surface area contributed by atoms with Crippen molar-refractivity contribution >= 4 is 21.6 Å². The molecule has 1 aromatic heterocycles. The highest BCUT2D eigenvalue weighted by Gasteiger charge is 2.14. The Hall–Kier alpha value is -1.40. The average Bonchev–Trinajstić information content (AvgIpc) is 2.40. The van der Waals surface area contributed by atoms with Crippen LogP contribution < -0.4 is 0 Å². The molecule has 100 valence electrons. The van der Waals surface area contributed by atoms with E-state index in [-0.39, 0.29) is 10.6 Å². The van der Waals surface area contributed by atoms with Crippen molar-refractivity contribution in [1.82, 2.24) is 4.98 Å². The minimum Gasteiger partial charge on any atom is -0.250 e. The molecule has 2 rings (SSSR count). The molecule has 19 heavy (non-hydrogen) atoms. The molecule has 1 aromatic carbocycles. The molecule has 0 aliphatic rings. The van der Waals surface area contributed by atoms with Crippen LogP contribution in [0.5, 0.6) is 0 Å². The predicted octanol–water partition coefficient (Wildman–Crippen LogP) is 2.79. The van der Waals surface area contributed by atoms with Gasteiger partial charge in [0, 0.05) is 11.9 Å². The van der Waals surface area contributed by atoms with E-state index in [1.807, 2.05) is 12.1 Å². The van der Waals surface area contributed by atoms with E-state index in [0.29, 0.717) is 5.75 Å². The Morgan fingerprint density at radius 3 is 2.47 bits per heavy atom. The summed E-state index contributed by atoms with van der Waals surface area (Å²) in [6.45, 7) is 0.